The van der Waals surface area contributed by atoms with Crippen molar-refractivity contribution in [2.24, 2.45) is 0 Å². The van der Waals surface area contributed by atoms with Crippen LogP contribution in [-0.4, -0.2) is 24.4 Å². The number of ether oxygens (including phenoxy) is 2. The molecule has 0 amide bonds. The van der Waals surface area contributed by atoms with Crippen molar-refractivity contribution in [2.75, 3.05) is 14.2 Å². The lowest BCUT2D eigenvalue weighted by molar-refractivity contribution is 0.394. The summed E-state index contributed by atoms with van der Waals surface area (Å²) in [6.45, 7) is 0. The molecule has 0 fully saturated rings. The van der Waals surface area contributed by atoms with E-state index in [4.69, 9.17) is 9.47 Å². The highest BCUT2D eigenvalue weighted by Gasteiger charge is 2.09. The van der Waals surface area contributed by atoms with E-state index in [1.165, 1.54) is 18.2 Å². The molecule has 0 heterocycles. The molecule has 18 heavy (non-hydrogen) atoms. The Morgan fingerprint density at radius 2 is 1.44 bits per heavy atom. The van der Waals surface area contributed by atoms with Crippen LogP contribution in [0.2, 0.25) is 0 Å². The van der Waals surface area contributed by atoms with Gasteiger partial charge in [-0.2, -0.15) is 0 Å². The van der Waals surface area contributed by atoms with Gasteiger partial charge in [0.1, 0.15) is 23.0 Å². The first kappa shape index (κ1) is 12.1. The molecule has 0 unspecified atom stereocenters. The Morgan fingerprint density at radius 3 is 2.00 bits per heavy atom. The van der Waals surface area contributed by atoms with E-state index in [9.17, 15) is 10.2 Å². The van der Waals surface area contributed by atoms with Crippen LogP contribution in [0.15, 0.2) is 36.4 Å². The van der Waals surface area contributed by atoms with E-state index in [1.807, 2.05) is 0 Å². The predicted molar refractivity (Wildman–Crippen MR) is 68.3 cm³/mol. The van der Waals surface area contributed by atoms with E-state index in [2.05, 4.69) is 0 Å². The summed E-state index contributed by atoms with van der Waals surface area (Å²) in [6.07, 6.45) is 0. The molecule has 2 N–H and O–H groups in total. The van der Waals surface area contributed by atoms with Crippen LogP contribution >= 0.6 is 0 Å². The lowest BCUT2D eigenvalue weighted by Gasteiger charge is -2.10. The van der Waals surface area contributed by atoms with Gasteiger partial charge in [-0.05, 0) is 35.9 Å². The summed E-state index contributed by atoms with van der Waals surface area (Å²) in [7, 11) is 3.11. The van der Waals surface area contributed by atoms with E-state index in [0.29, 0.717) is 22.6 Å². The quantitative estimate of drug-likeness (QED) is 0.817. The van der Waals surface area contributed by atoms with Gasteiger partial charge in [0.2, 0.25) is 0 Å². The van der Waals surface area contributed by atoms with Gasteiger partial charge in [0.05, 0.1) is 14.2 Å². The first-order valence-corrected chi connectivity index (χ1v) is 5.39. The normalized spacial score (nSPS) is 10.1. The molecule has 94 valence electrons. The number of aromatic hydroxyl groups is 2. The zero-order chi connectivity index (χ0) is 13.1. The topological polar surface area (TPSA) is 58.9 Å². The number of phenolic OH excluding ortho intramolecular Hbond substituents is 2. The Morgan fingerprint density at radius 1 is 0.833 bits per heavy atom. The molecule has 0 radical (unpaired) electrons. The molecular weight excluding hydrogens is 232 g/mol. The van der Waals surface area contributed by atoms with E-state index >= 15 is 0 Å². The molecule has 0 spiro atoms. The van der Waals surface area contributed by atoms with Crippen molar-refractivity contribution in [3.63, 3.8) is 0 Å². The molecule has 0 aliphatic carbocycles. The van der Waals surface area contributed by atoms with Crippen molar-refractivity contribution in [1.82, 2.24) is 0 Å². The molecule has 0 saturated carbocycles. The molecule has 4 nitrogen and oxygen atoms in total. The van der Waals surface area contributed by atoms with Crippen LogP contribution in [-0.2, 0) is 0 Å². The number of hydrogen-bond donors (Lipinski definition) is 2. The van der Waals surface area contributed by atoms with E-state index in [0.717, 1.165) is 0 Å². The lowest BCUT2D eigenvalue weighted by atomic mass is 10.0. The standard InChI is InChI=1S/C14H14O4/c1-17-11-5-9(6-12(8-11)18-2)13-7-10(15)3-4-14(13)16/h3-8,15-16H,1-2H3. The van der Waals surface area contributed by atoms with Crippen LogP contribution in [0.3, 0.4) is 0 Å². The van der Waals surface area contributed by atoms with Gasteiger partial charge < -0.3 is 19.7 Å². The molecule has 0 atom stereocenters. The molecule has 0 saturated heterocycles. The van der Waals surface area contributed by atoms with Gasteiger partial charge in [0.15, 0.2) is 0 Å². The highest BCUT2D eigenvalue weighted by Crippen LogP contribution is 2.36. The minimum Gasteiger partial charge on any atom is -0.508 e. The van der Waals surface area contributed by atoms with Gasteiger partial charge in [-0.15, -0.1) is 0 Å². The lowest BCUT2D eigenvalue weighted by Crippen LogP contribution is -1.89. The maximum atomic E-state index is 9.82. The van der Waals surface area contributed by atoms with Gasteiger partial charge >= 0.3 is 0 Å². The second kappa shape index (κ2) is 4.87. The maximum Gasteiger partial charge on any atom is 0.123 e. The summed E-state index contributed by atoms with van der Waals surface area (Å²) in [5, 5.41) is 19.3. The third-order valence-corrected chi connectivity index (χ3v) is 2.64. The Balaban J connectivity index is 2.58. The van der Waals surface area contributed by atoms with E-state index < -0.39 is 0 Å². The molecule has 2 rings (SSSR count). The predicted octanol–water partition coefficient (Wildman–Crippen LogP) is 2.78. The monoisotopic (exact) mass is 246 g/mol. The smallest absolute Gasteiger partial charge is 0.123 e. The zero-order valence-electron chi connectivity index (χ0n) is 10.2. The number of rotatable bonds is 3. The van der Waals surface area contributed by atoms with Crippen molar-refractivity contribution >= 4 is 0 Å². The summed E-state index contributed by atoms with van der Waals surface area (Å²) in [6, 6.07) is 9.62. The molecule has 0 aliphatic rings. The third kappa shape index (κ3) is 2.32. The van der Waals surface area contributed by atoms with E-state index in [1.54, 1.807) is 32.4 Å². The van der Waals surface area contributed by atoms with Crippen molar-refractivity contribution in [1.29, 1.82) is 0 Å². The van der Waals surface area contributed by atoms with Crippen LogP contribution in [0, 0.1) is 0 Å². The second-order valence-electron chi connectivity index (χ2n) is 3.80. The van der Waals surface area contributed by atoms with Gasteiger partial charge in [0, 0.05) is 11.6 Å². The van der Waals surface area contributed by atoms with Crippen LogP contribution < -0.4 is 9.47 Å². The zero-order valence-corrected chi connectivity index (χ0v) is 10.2. The van der Waals surface area contributed by atoms with Crippen molar-refractivity contribution in [2.45, 2.75) is 0 Å². The molecule has 0 aromatic heterocycles. The Bertz CT molecular complexity index is 541. The SMILES string of the molecule is COc1cc(OC)cc(-c2cc(O)ccc2O)c1. The Labute approximate surface area is 105 Å². The van der Waals surface area contributed by atoms with Crippen molar-refractivity contribution < 1.29 is 19.7 Å². The second-order valence-corrected chi connectivity index (χ2v) is 3.80. The van der Waals surface area contributed by atoms with Crippen molar-refractivity contribution in [3.05, 3.63) is 36.4 Å². The molecule has 0 aliphatic heterocycles. The fraction of sp³-hybridized carbons (Fsp3) is 0.143. The number of benzene rings is 2. The summed E-state index contributed by atoms with van der Waals surface area (Å²) in [5.74, 6) is 1.41. The minimum absolute atomic E-state index is 0.0862. The number of methoxy groups -OCH3 is 2. The van der Waals surface area contributed by atoms with Gasteiger partial charge in [0.25, 0.3) is 0 Å². The van der Waals surface area contributed by atoms with Crippen LogP contribution in [0.5, 0.6) is 23.0 Å². The average Bonchev–Trinajstić information content (AvgIpc) is 2.40. The summed E-state index contributed by atoms with van der Waals surface area (Å²) in [5.41, 5.74) is 1.23. The number of hydrogen-bond acceptors (Lipinski definition) is 4. The highest BCUT2D eigenvalue weighted by molar-refractivity contribution is 5.74. The molecule has 4 heteroatoms. The van der Waals surface area contributed by atoms with E-state index in [-0.39, 0.29) is 11.5 Å². The van der Waals surface area contributed by atoms with Gasteiger partial charge in [-0.3, -0.25) is 0 Å². The molecular formula is C14H14O4. The fourth-order valence-electron chi connectivity index (χ4n) is 1.72. The fourth-order valence-corrected chi connectivity index (χ4v) is 1.72. The van der Waals surface area contributed by atoms with Crippen LogP contribution in [0.25, 0.3) is 11.1 Å². The molecule has 2 aromatic rings. The minimum atomic E-state index is 0.0862. The highest BCUT2D eigenvalue weighted by atomic mass is 16.5. The average molecular weight is 246 g/mol. The largest absolute Gasteiger partial charge is 0.508 e. The summed E-state index contributed by atoms with van der Waals surface area (Å²) in [4.78, 5) is 0. The van der Waals surface area contributed by atoms with Gasteiger partial charge in [-0.1, -0.05) is 0 Å². The Kier molecular flexibility index (Phi) is 3.28. The van der Waals surface area contributed by atoms with Crippen LogP contribution in [0.1, 0.15) is 0 Å². The van der Waals surface area contributed by atoms with Gasteiger partial charge in [-0.25, -0.2) is 0 Å². The first-order valence-electron chi connectivity index (χ1n) is 5.39. The first-order chi connectivity index (χ1) is 8.63. The maximum absolute atomic E-state index is 9.82. The summed E-state index contributed by atoms with van der Waals surface area (Å²) < 4.78 is 10.3. The van der Waals surface area contributed by atoms with Crippen molar-refractivity contribution in [3.8, 4) is 34.1 Å². The Hall–Kier alpha value is -2.36. The number of phenols is 2. The molecule has 2 aromatic carbocycles. The molecule has 0 bridgehead atoms. The summed E-state index contributed by atoms with van der Waals surface area (Å²) >= 11 is 0. The third-order valence-electron chi connectivity index (χ3n) is 2.64. The van der Waals surface area contributed by atoms with Crippen LogP contribution in [0.4, 0.5) is 0 Å².